The Morgan fingerprint density at radius 1 is 1.38 bits per heavy atom. The molecule has 16 heavy (non-hydrogen) atoms. The summed E-state index contributed by atoms with van der Waals surface area (Å²) in [5.74, 6) is 0.254. The summed E-state index contributed by atoms with van der Waals surface area (Å²) in [4.78, 5) is 14.8. The molecule has 8 nitrogen and oxygen atoms in total. The molecule has 2 unspecified atom stereocenters. The van der Waals surface area contributed by atoms with Gasteiger partial charge in [0.25, 0.3) is 0 Å². The van der Waals surface area contributed by atoms with E-state index in [0.717, 1.165) is 6.42 Å². The number of hydroxylamine groups is 1. The van der Waals surface area contributed by atoms with Crippen molar-refractivity contribution in [2.45, 2.75) is 6.42 Å². The molecular formula is C8H20N3O5+. The first kappa shape index (κ1) is 13.7. The van der Waals surface area contributed by atoms with Gasteiger partial charge in [0, 0.05) is 13.0 Å². The van der Waals surface area contributed by atoms with Crippen LogP contribution in [-0.2, 0) is 24.7 Å². The molecule has 0 aromatic rings. The summed E-state index contributed by atoms with van der Waals surface area (Å²) >= 11 is 0. The number of nitrogens with zero attached hydrogens (tertiary/aromatic N) is 1. The highest BCUT2D eigenvalue weighted by Crippen LogP contribution is 2.08. The predicted octanol–water partition coefficient (Wildman–Crippen LogP) is -0.535. The fraction of sp³-hybridized carbons (Fsp3) is 1.00. The molecule has 1 aliphatic heterocycles. The number of quaternary nitrogens is 1. The van der Waals surface area contributed by atoms with Gasteiger partial charge in [0.15, 0.2) is 0 Å². The van der Waals surface area contributed by atoms with E-state index in [4.69, 9.17) is 9.73 Å². The zero-order valence-corrected chi connectivity index (χ0v) is 9.89. The maximum atomic E-state index is 5.22. The van der Waals surface area contributed by atoms with Gasteiger partial charge in [-0.1, -0.05) is 0 Å². The third kappa shape index (κ3) is 4.68. The molecule has 1 rings (SSSR count). The topological polar surface area (TPSA) is 70.2 Å². The molecule has 0 amide bonds. The van der Waals surface area contributed by atoms with Crippen molar-refractivity contribution in [1.82, 2.24) is 10.9 Å². The summed E-state index contributed by atoms with van der Waals surface area (Å²) < 4.78 is 0. The van der Waals surface area contributed by atoms with Gasteiger partial charge in [-0.2, -0.15) is 4.84 Å². The highest BCUT2D eigenvalue weighted by atomic mass is 17.7. The lowest BCUT2D eigenvalue weighted by Crippen LogP contribution is -2.62. The van der Waals surface area contributed by atoms with Crippen molar-refractivity contribution >= 4 is 0 Å². The zero-order chi connectivity index (χ0) is 11.9. The lowest BCUT2D eigenvalue weighted by atomic mass is 10.1. The minimum absolute atomic E-state index is 0.106. The van der Waals surface area contributed by atoms with E-state index in [-0.39, 0.29) is 10.8 Å². The lowest BCUT2D eigenvalue weighted by molar-refractivity contribution is -1.15. The molecule has 2 N–H and O–H groups in total. The minimum Gasteiger partial charge on any atom is -0.204 e. The molecule has 1 fully saturated rings. The first-order valence-corrected chi connectivity index (χ1v) is 5.14. The molecule has 1 heterocycles. The Kier molecular flexibility index (Phi) is 6.09. The monoisotopic (exact) mass is 238 g/mol. The molecular weight excluding hydrogens is 218 g/mol. The van der Waals surface area contributed by atoms with Crippen molar-refractivity contribution < 1.29 is 29.6 Å². The van der Waals surface area contributed by atoms with Gasteiger partial charge >= 0.3 is 0 Å². The van der Waals surface area contributed by atoms with E-state index in [0.29, 0.717) is 19.8 Å². The van der Waals surface area contributed by atoms with Crippen LogP contribution in [0.4, 0.5) is 0 Å². The molecule has 0 aromatic heterocycles. The van der Waals surface area contributed by atoms with Crippen LogP contribution in [0.5, 0.6) is 0 Å². The average molecular weight is 238 g/mol. The standard InChI is InChI=1S/C8H20N3O5/c1-9-11(2,12-3)10-6-8-4-5-13-15-16-14-7-8/h8-10H,4-7H2,1-3H3/q+1. The maximum absolute atomic E-state index is 5.22. The summed E-state index contributed by atoms with van der Waals surface area (Å²) in [6.07, 6.45) is 0.809. The normalized spacial score (nSPS) is 26.8. The Bertz CT molecular complexity index is 183. The quantitative estimate of drug-likeness (QED) is 0.379. The highest BCUT2D eigenvalue weighted by molar-refractivity contribution is 4.58. The van der Waals surface area contributed by atoms with Crippen molar-refractivity contribution in [3.05, 3.63) is 0 Å². The number of hydrogen-bond donors (Lipinski definition) is 2. The van der Waals surface area contributed by atoms with Gasteiger partial charge in [0.2, 0.25) is 0 Å². The molecule has 0 saturated carbocycles. The smallest absolute Gasteiger partial charge is 0.138 e. The predicted molar refractivity (Wildman–Crippen MR) is 52.4 cm³/mol. The van der Waals surface area contributed by atoms with E-state index >= 15 is 0 Å². The molecule has 1 saturated heterocycles. The van der Waals surface area contributed by atoms with Crippen LogP contribution >= 0.6 is 0 Å². The van der Waals surface area contributed by atoms with Crippen LogP contribution in [0.3, 0.4) is 0 Å². The molecule has 0 spiro atoms. The summed E-state index contributed by atoms with van der Waals surface area (Å²) in [5.41, 5.74) is 6.16. The minimum atomic E-state index is 0.106. The van der Waals surface area contributed by atoms with Crippen molar-refractivity contribution in [3.63, 3.8) is 0 Å². The molecule has 0 radical (unpaired) electrons. The molecule has 1 aliphatic rings. The molecule has 8 heteroatoms. The van der Waals surface area contributed by atoms with Crippen LogP contribution in [0.2, 0.25) is 0 Å². The SMILES string of the molecule is CN[N+](C)(NCC1CCOOOOC1)OC. The molecule has 96 valence electrons. The van der Waals surface area contributed by atoms with Crippen LogP contribution in [0.15, 0.2) is 0 Å². The van der Waals surface area contributed by atoms with E-state index in [1.54, 1.807) is 14.2 Å². The molecule has 2 atom stereocenters. The first-order chi connectivity index (χ1) is 7.70. The summed E-state index contributed by atoms with van der Waals surface area (Å²) in [6, 6.07) is 0. The van der Waals surface area contributed by atoms with Gasteiger partial charge in [-0.05, 0) is 21.4 Å². The Morgan fingerprint density at radius 2 is 2.12 bits per heavy atom. The number of rotatable bonds is 5. The lowest BCUT2D eigenvalue weighted by Gasteiger charge is -2.29. The van der Waals surface area contributed by atoms with Crippen LogP contribution in [-0.4, -0.2) is 45.8 Å². The largest absolute Gasteiger partial charge is 0.204 e. The van der Waals surface area contributed by atoms with Crippen LogP contribution in [0.1, 0.15) is 6.42 Å². The fourth-order valence-corrected chi connectivity index (χ4v) is 1.19. The summed E-state index contributed by atoms with van der Waals surface area (Å²) in [6.45, 7) is 1.59. The van der Waals surface area contributed by atoms with Gasteiger partial charge < -0.3 is 0 Å². The molecule has 0 aromatic carbocycles. The van der Waals surface area contributed by atoms with Gasteiger partial charge in [-0.15, -0.1) is 10.9 Å². The van der Waals surface area contributed by atoms with E-state index in [2.05, 4.69) is 25.8 Å². The second-order valence-electron chi connectivity index (χ2n) is 3.59. The fourth-order valence-electron chi connectivity index (χ4n) is 1.19. The van der Waals surface area contributed by atoms with Crippen LogP contribution in [0, 0.1) is 5.92 Å². The maximum Gasteiger partial charge on any atom is 0.138 e. The van der Waals surface area contributed by atoms with Gasteiger partial charge in [-0.3, -0.25) is 0 Å². The Hall–Kier alpha value is -0.320. The van der Waals surface area contributed by atoms with E-state index in [1.807, 2.05) is 7.05 Å². The second-order valence-corrected chi connectivity index (χ2v) is 3.59. The first-order valence-electron chi connectivity index (χ1n) is 5.14. The average Bonchev–Trinajstić information content (AvgIpc) is 2.27. The number of hydrogen-bond acceptors (Lipinski definition) is 7. The van der Waals surface area contributed by atoms with E-state index < -0.39 is 0 Å². The van der Waals surface area contributed by atoms with Crippen molar-refractivity contribution in [2.75, 3.05) is 41.0 Å². The Balaban J connectivity index is 2.28. The van der Waals surface area contributed by atoms with E-state index in [9.17, 15) is 0 Å². The Morgan fingerprint density at radius 3 is 2.81 bits per heavy atom. The van der Waals surface area contributed by atoms with Crippen LogP contribution in [0.25, 0.3) is 0 Å². The second kappa shape index (κ2) is 7.09. The molecule has 0 bridgehead atoms. The van der Waals surface area contributed by atoms with Gasteiger partial charge in [0.05, 0.1) is 19.8 Å². The third-order valence-corrected chi connectivity index (χ3v) is 2.51. The van der Waals surface area contributed by atoms with Crippen LogP contribution < -0.4 is 10.9 Å². The number of nitrogens with one attached hydrogen (secondary N) is 2. The van der Waals surface area contributed by atoms with Gasteiger partial charge in [-0.25, -0.2) is 9.78 Å². The van der Waals surface area contributed by atoms with Gasteiger partial charge in [0.1, 0.15) is 14.2 Å². The summed E-state index contributed by atoms with van der Waals surface area (Å²) in [5, 5.41) is 8.51. The summed E-state index contributed by atoms with van der Waals surface area (Å²) in [7, 11) is 5.25. The molecule has 0 aliphatic carbocycles. The van der Waals surface area contributed by atoms with E-state index in [1.165, 1.54) is 0 Å². The third-order valence-electron chi connectivity index (χ3n) is 2.51. The Labute approximate surface area is 94.6 Å². The van der Waals surface area contributed by atoms with Crippen molar-refractivity contribution in [2.24, 2.45) is 5.92 Å². The zero-order valence-electron chi connectivity index (χ0n) is 9.89. The van der Waals surface area contributed by atoms with Crippen molar-refractivity contribution in [3.8, 4) is 0 Å². The van der Waals surface area contributed by atoms with Crippen molar-refractivity contribution in [1.29, 1.82) is 0 Å². The highest BCUT2D eigenvalue weighted by Gasteiger charge is 2.23.